The summed E-state index contributed by atoms with van der Waals surface area (Å²) in [6, 6.07) is 0. The summed E-state index contributed by atoms with van der Waals surface area (Å²) in [5.41, 5.74) is 5.49. The van der Waals surface area contributed by atoms with Gasteiger partial charge in [-0.05, 0) is 34.4 Å². The molecular weight excluding hydrogens is 190 g/mol. The Labute approximate surface area is 93.2 Å². The van der Waals surface area contributed by atoms with E-state index in [-0.39, 0.29) is 17.4 Å². The van der Waals surface area contributed by atoms with E-state index in [0.29, 0.717) is 13.1 Å². The van der Waals surface area contributed by atoms with Crippen LogP contribution in [0.2, 0.25) is 0 Å². The number of rotatable bonds is 6. The number of hydrogen-bond acceptors (Lipinski definition) is 3. The normalized spacial score (nSPS) is 14.1. The van der Waals surface area contributed by atoms with E-state index in [9.17, 15) is 4.79 Å². The van der Waals surface area contributed by atoms with Crippen LogP contribution in [0.15, 0.2) is 0 Å². The van der Waals surface area contributed by atoms with Gasteiger partial charge in [0.25, 0.3) is 0 Å². The fourth-order valence-corrected chi connectivity index (χ4v) is 1.06. The molecule has 4 nitrogen and oxygen atoms in total. The quantitative estimate of drug-likeness (QED) is 0.675. The van der Waals surface area contributed by atoms with Gasteiger partial charge in [-0.1, -0.05) is 6.92 Å². The van der Waals surface area contributed by atoms with Gasteiger partial charge in [0.15, 0.2) is 0 Å². The topological polar surface area (TPSA) is 58.4 Å². The number of amides is 1. The second-order valence-electron chi connectivity index (χ2n) is 4.77. The highest BCUT2D eigenvalue weighted by atomic mass is 16.1. The summed E-state index contributed by atoms with van der Waals surface area (Å²) >= 11 is 0. The number of nitrogens with zero attached hydrogens (tertiary/aromatic N) is 1. The van der Waals surface area contributed by atoms with E-state index in [2.05, 4.69) is 24.1 Å². The lowest BCUT2D eigenvalue weighted by Crippen LogP contribution is -2.49. The third kappa shape index (κ3) is 4.62. The molecule has 0 heterocycles. The van der Waals surface area contributed by atoms with E-state index in [4.69, 9.17) is 5.73 Å². The van der Waals surface area contributed by atoms with Crippen molar-refractivity contribution in [2.75, 3.05) is 27.2 Å². The maximum absolute atomic E-state index is 11.7. The molecule has 0 spiro atoms. The van der Waals surface area contributed by atoms with E-state index in [1.54, 1.807) is 0 Å². The first-order valence-corrected chi connectivity index (χ1v) is 5.50. The van der Waals surface area contributed by atoms with Crippen molar-refractivity contribution in [2.45, 2.75) is 32.7 Å². The maximum atomic E-state index is 11.7. The van der Waals surface area contributed by atoms with E-state index in [1.165, 1.54) is 0 Å². The van der Waals surface area contributed by atoms with E-state index < -0.39 is 0 Å². The average Bonchev–Trinajstić information content (AvgIpc) is 2.16. The summed E-state index contributed by atoms with van der Waals surface area (Å²) in [5.74, 6) is 0.0119. The molecule has 4 heteroatoms. The Morgan fingerprint density at radius 2 is 2.00 bits per heavy atom. The largest absolute Gasteiger partial charge is 0.354 e. The third-order valence-electron chi connectivity index (χ3n) is 3.05. The molecule has 1 unspecified atom stereocenters. The predicted molar refractivity (Wildman–Crippen MR) is 63.6 cm³/mol. The zero-order chi connectivity index (χ0) is 12.1. The van der Waals surface area contributed by atoms with Gasteiger partial charge >= 0.3 is 0 Å². The number of carbonyl (C=O) groups excluding carboxylic acids is 1. The van der Waals surface area contributed by atoms with Crippen molar-refractivity contribution in [3.8, 4) is 0 Å². The van der Waals surface area contributed by atoms with Crippen LogP contribution in [0, 0.1) is 5.92 Å². The SMILES string of the molecule is CCC(CN)C(=O)NCC(C)(C)N(C)C. The van der Waals surface area contributed by atoms with Crippen LogP contribution in [-0.2, 0) is 4.79 Å². The monoisotopic (exact) mass is 215 g/mol. The van der Waals surface area contributed by atoms with Gasteiger partial charge in [-0.2, -0.15) is 0 Å². The van der Waals surface area contributed by atoms with Gasteiger partial charge in [-0.3, -0.25) is 4.79 Å². The third-order valence-corrected chi connectivity index (χ3v) is 3.05. The highest BCUT2D eigenvalue weighted by molar-refractivity contribution is 5.78. The van der Waals surface area contributed by atoms with Crippen LogP contribution in [0.5, 0.6) is 0 Å². The molecule has 1 amide bonds. The second kappa shape index (κ2) is 6.08. The molecule has 0 aliphatic carbocycles. The molecule has 0 aromatic heterocycles. The van der Waals surface area contributed by atoms with Gasteiger partial charge in [0.2, 0.25) is 5.91 Å². The minimum Gasteiger partial charge on any atom is -0.354 e. The van der Waals surface area contributed by atoms with Crippen molar-refractivity contribution in [1.29, 1.82) is 0 Å². The number of likely N-dealkylation sites (N-methyl/N-ethyl adjacent to an activating group) is 1. The van der Waals surface area contributed by atoms with Gasteiger partial charge in [-0.15, -0.1) is 0 Å². The van der Waals surface area contributed by atoms with Crippen molar-refractivity contribution >= 4 is 5.91 Å². The van der Waals surface area contributed by atoms with Crippen LogP contribution in [0.4, 0.5) is 0 Å². The average molecular weight is 215 g/mol. The molecule has 0 bridgehead atoms. The Bertz CT molecular complexity index is 198. The zero-order valence-electron chi connectivity index (χ0n) is 10.6. The van der Waals surface area contributed by atoms with Crippen LogP contribution in [0.1, 0.15) is 27.2 Å². The van der Waals surface area contributed by atoms with Crippen molar-refractivity contribution < 1.29 is 4.79 Å². The van der Waals surface area contributed by atoms with Crippen molar-refractivity contribution in [2.24, 2.45) is 11.7 Å². The molecule has 0 radical (unpaired) electrons. The standard InChI is InChI=1S/C11H25N3O/c1-6-9(7-12)10(15)13-8-11(2,3)14(4)5/h9H,6-8,12H2,1-5H3,(H,13,15). The van der Waals surface area contributed by atoms with Gasteiger partial charge < -0.3 is 16.0 Å². The molecule has 1 atom stereocenters. The zero-order valence-corrected chi connectivity index (χ0v) is 10.6. The minimum atomic E-state index is -0.0528. The lowest BCUT2D eigenvalue weighted by Gasteiger charge is -2.33. The molecule has 0 aliphatic rings. The van der Waals surface area contributed by atoms with Crippen molar-refractivity contribution in [3.05, 3.63) is 0 Å². The summed E-state index contributed by atoms with van der Waals surface area (Å²) in [7, 11) is 4.01. The van der Waals surface area contributed by atoms with Crippen molar-refractivity contribution in [3.63, 3.8) is 0 Å². The summed E-state index contributed by atoms with van der Waals surface area (Å²) in [5, 5.41) is 2.95. The second-order valence-corrected chi connectivity index (χ2v) is 4.77. The molecule has 0 fully saturated rings. The molecule has 15 heavy (non-hydrogen) atoms. The van der Waals surface area contributed by atoms with Crippen LogP contribution in [-0.4, -0.2) is 43.5 Å². The van der Waals surface area contributed by atoms with E-state index in [1.807, 2.05) is 21.0 Å². The Kier molecular flexibility index (Phi) is 5.83. The van der Waals surface area contributed by atoms with Crippen molar-refractivity contribution in [1.82, 2.24) is 10.2 Å². The van der Waals surface area contributed by atoms with Crippen LogP contribution in [0.3, 0.4) is 0 Å². The summed E-state index contributed by atoms with van der Waals surface area (Å²) in [4.78, 5) is 13.8. The molecular formula is C11H25N3O. The molecule has 0 aromatic carbocycles. The van der Waals surface area contributed by atoms with Gasteiger partial charge in [-0.25, -0.2) is 0 Å². The molecule has 3 N–H and O–H groups in total. The highest BCUT2D eigenvalue weighted by Crippen LogP contribution is 2.08. The van der Waals surface area contributed by atoms with Gasteiger partial charge in [0.05, 0.1) is 0 Å². The Balaban J connectivity index is 4.10. The number of carbonyl (C=O) groups is 1. The van der Waals surface area contributed by atoms with E-state index >= 15 is 0 Å². The molecule has 0 saturated carbocycles. The lowest BCUT2D eigenvalue weighted by atomic mass is 10.0. The van der Waals surface area contributed by atoms with Gasteiger partial charge in [0, 0.05) is 24.5 Å². The molecule has 0 aromatic rings. The Morgan fingerprint density at radius 3 is 2.33 bits per heavy atom. The number of hydrogen-bond donors (Lipinski definition) is 2. The first-order chi connectivity index (χ1) is 6.85. The highest BCUT2D eigenvalue weighted by Gasteiger charge is 2.22. The lowest BCUT2D eigenvalue weighted by molar-refractivity contribution is -0.125. The molecule has 0 rings (SSSR count). The fraction of sp³-hybridized carbons (Fsp3) is 0.909. The van der Waals surface area contributed by atoms with Gasteiger partial charge in [0.1, 0.15) is 0 Å². The molecule has 0 saturated heterocycles. The molecule has 0 aliphatic heterocycles. The number of nitrogens with one attached hydrogen (secondary N) is 1. The molecule has 90 valence electrons. The Morgan fingerprint density at radius 1 is 1.47 bits per heavy atom. The smallest absolute Gasteiger partial charge is 0.224 e. The maximum Gasteiger partial charge on any atom is 0.224 e. The Hall–Kier alpha value is -0.610. The van der Waals surface area contributed by atoms with Crippen LogP contribution < -0.4 is 11.1 Å². The summed E-state index contributed by atoms with van der Waals surface area (Å²) in [6.45, 7) is 7.24. The summed E-state index contributed by atoms with van der Waals surface area (Å²) in [6.07, 6.45) is 0.796. The van der Waals surface area contributed by atoms with Crippen LogP contribution >= 0.6 is 0 Å². The fourth-order valence-electron chi connectivity index (χ4n) is 1.06. The number of nitrogens with two attached hydrogens (primary N) is 1. The summed E-state index contributed by atoms with van der Waals surface area (Å²) < 4.78 is 0. The predicted octanol–water partition coefficient (Wildman–Crippen LogP) is 0.428. The first-order valence-electron chi connectivity index (χ1n) is 5.50. The first kappa shape index (κ1) is 14.4. The minimum absolute atomic E-state index is 0.0252. The van der Waals surface area contributed by atoms with Crippen LogP contribution in [0.25, 0.3) is 0 Å². The van der Waals surface area contributed by atoms with E-state index in [0.717, 1.165) is 6.42 Å².